The van der Waals surface area contributed by atoms with Gasteiger partial charge in [-0.2, -0.15) is 11.8 Å². The third kappa shape index (κ3) is 38.3. The van der Waals surface area contributed by atoms with Crippen molar-refractivity contribution in [1.29, 1.82) is 0 Å². The van der Waals surface area contributed by atoms with Crippen LogP contribution in [0.25, 0.3) is 0 Å². The molecule has 0 aromatic heterocycles. The Bertz CT molecular complexity index is 4020. The van der Waals surface area contributed by atoms with Crippen molar-refractivity contribution in [2.24, 2.45) is 23.7 Å². The Morgan fingerprint density at radius 3 is 1.27 bits per heavy atom. The van der Waals surface area contributed by atoms with Crippen molar-refractivity contribution in [3.63, 3.8) is 0 Å². The maximum atomic E-state index is 14.9. The van der Waals surface area contributed by atoms with Crippen LogP contribution in [0.4, 0.5) is 0 Å². The maximum absolute atomic E-state index is 14.9. The molecular formula is C79H123N18O30S-3. The number of nitrogens with one attached hydrogen (secondary N) is 16. The Balaban J connectivity index is 2.45. The number of thioether (sulfide) groups is 1. The van der Waals surface area contributed by atoms with Crippen LogP contribution in [0.2, 0.25) is 0 Å². The number of aliphatic hydroxyl groups is 4. The van der Waals surface area contributed by atoms with Crippen LogP contribution < -0.4 is 111 Å². The Morgan fingerprint density at radius 1 is 0.430 bits per heavy atom. The Labute approximate surface area is 742 Å². The molecule has 49 heteroatoms. The second kappa shape index (κ2) is 57.0. The van der Waals surface area contributed by atoms with E-state index in [1.165, 1.54) is 49.9 Å². The standard InChI is InChI=1S/C79H126N18O30S/c1-12-38(6)61(75(122)90-50(28-37(4)5)78(125)97-26-15-16-55(97)74(121)87-46(22-24-59(107)108)68(115)93-54(36-101)79(126)127)95-77(124)63(40(8)14-3)96-76(123)62(39(7)13-2)94-70(117)48(29-43-17-19-44(102)20-18-43)88-69(116)49(30-60(109)110)89-67(114)45(21-23-58(105)106)86-72(119)53(35-100)92-73(120)52(34-99)91-65(112)42(10)83-71(118)51(33-98)84-57(104)32-81-66(113)47(25-27-128-11)85-64(111)41(9)82-56(103)31-80/h17-20,37-42,45-55,61-63,98-102H,12-16,21-36,80H2,1-11H3,(H,81,113)(H,82,103)(H,83,118)(H,84,104)(H,85,111)(H,86,119)(H,87,121)(H,88,116)(H,89,114)(H,90,122)(H,91,112)(H,92,120)(H,93,115)(H,94,117)(H,95,124)(H,96,123)(H,105,106)(H,107,108)(H,109,110)(H,126,127)/p-3/t38-,39-,40-,41-,42-,45-,46-,47-,48-,49-,50-,51-,52-,53-,54-,55-,61-,62-,63-/m0/s1. The van der Waals surface area contributed by atoms with Gasteiger partial charge in [0.05, 0.1) is 45.0 Å². The minimum Gasteiger partial charge on any atom is -0.550 e. The van der Waals surface area contributed by atoms with E-state index in [1.807, 2.05) is 21.3 Å². The first-order chi connectivity index (χ1) is 60.2. The molecule has 0 aliphatic carbocycles. The highest BCUT2D eigenvalue weighted by Gasteiger charge is 2.43. The minimum atomic E-state index is -2.29. The van der Waals surface area contributed by atoms with E-state index in [0.29, 0.717) is 5.75 Å². The molecular weight excluding hydrogens is 1710 g/mol. The summed E-state index contributed by atoms with van der Waals surface area (Å²) in [5.74, 6) is -28.2. The summed E-state index contributed by atoms with van der Waals surface area (Å²) in [6.45, 7) is 9.79. The summed E-state index contributed by atoms with van der Waals surface area (Å²) >= 11 is 1.33. The predicted molar refractivity (Wildman–Crippen MR) is 440 cm³/mol. The topological polar surface area (TPSA) is 775 Å². The largest absolute Gasteiger partial charge is 0.550 e. The lowest BCUT2D eigenvalue weighted by molar-refractivity contribution is -0.355. The van der Waals surface area contributed by atoms with E-state index < -0.39 is 310 Å². The third-order valence-electron chi connectivity index (χ3n) is 20.8. The molecule has 17 amide bonds. The van der Waals surface area contributed by atoms with Crippen molar-refractivity contribution < 1.29 is 152 Å². The van der Waals surface area contributed by atoms with Crippen LogP contribution in [0.15, 0.2) is 24.3 Å². The van der Waals surface area contributed by atoms with Gasteiger partial charge in [0.1, 0.15) is 96.4 Å². The van der Waals surface area contributed by atoms with Crippen LogP contribution in [0.1, 0.15) is 152 Å². The molecule has 24 N–H and O–H groups in total. The molecule has 1 aromatic rings. The van der Waals surface area contributed by atoms with Crippen molar-refractivity contribution in [2.45, 2.75) is 249 Å². The normalized spacial score (nSPS) is 16.5. The summed E-state index contributed by atoms with van der Waals surface area (Å²) in [6, 6.07) is -22.0. The maximum Gasteiger partial charge on any atom is 0.275 e. The summed E-state index contributed by atoms with van der Waals surface area (Å²) < 4.78 is 0. The zero-order valence-corrected chi connectivity index (χ0v) is 74.0. The van der Waals surface area contributed by atoms with Crippen LogP contribution in [-0.2, 0) is 107 Å². The Morgan fingerprint density at radius 2 is 0.812 bits per heavy atom. The lowest BCUT2D eigenvalue weighted by Gasteiger charge is -2.33. The van der Waals surface area contributed by atoms with Crippen molar-refractivity contribution in [3.8, 4) is 5.75 Å². The molecule has 48 nitrogen and oxygen atoms in total. The number of aromatic hydroxyl groups is 1. The summed E-state index contributed by atoms with van der Waals surface area (Å²) in [6.07, 6.45) is -2.70. The fraction of sp³-hybridized carbons (Fsp3) is 0.658. The van der Waals surface area contributed by atoms with Gasteiger partial charge in [0, 0.05) is 37.3 Å². The Kier molecular flexibility index (Phi) is 49.9. The lowest BCUT2D eigenvalue weighted by Crippen LogP contribution is -2.63. The van der Waals surface area contributed by atoms with Crippen LogP contribution >= 0.6 is 11.8 Å². The number of aliphatic carboxylic acids is 4. The van der Waals surface area contributed by atoms with E-state index in [-0.39, 0.29) is 75.3 Å². The number of carboxylic acid groups (broad SMARTS) is 4. The van der Waals surface area contributed by atoms with E-state index in [9.17, 15) is 147 Å². The summed E-state index contributed by atoms with van der Waals surface area (Å²) in [5, 5.41) is 134. The number of hydrogen-bond acceptors (Lipinski definition) is 31. The molecule has 1 aromatic carbocycles. The summed E-state index contributed by atoms with van der Waals surface area (Å²) in [7, 11) is 0. The van der Waals surface area contributed by atoms with E-state index in [1.54, 1.807) is 54.7 Å². The monoisotopic (exact) mass is 1840 g/mol. The molecule has 0 bridgehead atoms. The predicted octanol–water partition coefficient (Wildman–Crippen LogP) is -14.5. The van der Waals surface area contributed by atoms with Crippen molar-refractivity contribution in [1.82, 2.24) is 90.0 Å². The number of amides is 17. The van der Waals surface area contributed by atoms with Gasteiger partial charge in [-0.3, -0.25) is 81.5 Å². The van der Waals surface area contributed by atoms with Crippen LogP contribution in [-0.4, -0.2) is 309 Å². The molecule has 128 heavy (non-hydrogen) atoms. The second-order valence-corrected chi connectivity index (χ2v) is 32.2. The number of phenolic OH excluding ortho intramolecular Hbond substituents is 1. The molecule has 1 aliphatic rings. The summed E-state index contributed by atoms with van der Waals surface area (Å²) in [4.78, 5) is 282. The molecule has 1 fully saturated rings. The zero-order chi connectivity index (χ0) is 97.1. The zero-order valence-electron chi connectivity index (χ0n) is 73.2. The van der Waals surface area contributed by atoms with Gasteiger partial charge >= 0.3 is 0 Å². The number of likely N-dealkylation sites (tertiary alicyclic amines) is 1. The lowest BCUT2D eigenvalue weighted by atomic mass is 9.93. The van der Waals surface area contributed by atoms with Gasteiger partial charge in [0.25, 0.3) is 5.91 Å². The number of carbonyl (C=O) groups is 21. The number of aliphatic hydroxyl groups excluding tert-OH is 4. The van der Waals surface area contributed by atoms with Gasteiger partial charge in [-0.15, -0.1) is 0 Å². The van der Waals surface area contributed by atoms with E-state index in [2.05, 4.69) is 69.5 Å². The quantitative estimate of drug-likeness (QED) is 0.0288. The fourth-order valence-electron chi connectivity index (χ4n) is 12.6. The highest BCUT2D eigenvalue weighted by Crippen LogP contribution is 2.23. The van der Waals surface area contributed by atoms with Crippen LogP contribution in [0, 0.1) is 23.7 Å². The molecule has 1 aliphatic heterocycles. The highest BCUT2D eigenvalue weighted by molar-refractivity contribution is 7.98. The smallest absolute Gasteiger partial charge is 0.275 e. The SMILES string of the molecule is CC[C@H](C)[C@H](NC(=O)[C@H](Cc1ccc(O)cc1)NC(=O)[C@H](CC(=O)[O-])NC(=O)[C@H](CCC(=O)[O-])NC(=O)[C@H](CO)NC(=O)[C@H](CO)NC(=O)[C@H](C)NC(=O)[C@H](CO)NC(=O)CNC(=O)[C@H](CCSC)NC(=O)[C@H](C)NC(=O)C[NH3+])C(=O)N[C@H](C(=O)N[C@H](C(=O)N[C@@H](CC(C)C)C(=O)N1CCC[C@H]1C(=O)N[C@@H](CCC(=O)[O-])C(=O)N[C@@H](CO)C(=O)[O-])[C@@H](C)CC)[C@@H](C)CC. The van der Waals surface area contributed by atoms with Crippen molar-refractivity contribution >= 4 is 136 Å². The molecule has 19 atom stereocenters. The van der Waals surface area contributed by atoms with E-state index >= 15 is 0 Å². The highest BCUT2D eigenvalue weighted by atomic mass is 32.2. The molecule has 1 heterocycles. The van der Waals surface area contributed by atoms with Crippen molar-refractivity contribution in [2.75, 3.05) is 58.1 Å². The number of benzene rings is 1. The van der Waals surface area contributed by atoms with Gasteiger partial charge in [0.15, 0.2) is 6.54 Å². The van der Waals surface area contributed by atoms with Gasteiger partial charge in [-0.25, -0.2) is 0 Å². The molecule has 0 spiro atoms. The van der Waals surface area contributed by atoms with E-state index in [4.69, 9.17) is 0 Å². The molecule has 718 valence electrons. The third-order valence-corrected chi connectivity index (χ3v) is 21.4. The van der Waals surface area contributed by atoms with Gasteiger partial charge in [0.2, 0.25) is 94.5 Å². The average Bonchev–Trinajstić information content (AvgIpc) is 1.62. The molecule has 0 saturated carbocycles. The van der Waals surface area contributed by atoms with E-state index in [0.717, 1.165) is 11.8 Å². The van der Waals surface area contributed by atoms with Gasteiger partial charge in [-0.1, -0.05) is 86.8 Å². The summed E-state index contributed by atoms with van der Waals surface area (Å²) in [5.41, 5.74) is 3.63. The van der Waals surface area contributed by atoms with Crippen LogP contribution in [0.3, 0.4) is 0 Å². The number of phenols is 1. The Hall–Kier alpha value is -12.0. The number of quaternary nitrogens is 1. The first-order valence-corrected chi connectivity index (χ1v) is 43.0. The fourth-order valence-corrected chi connectivity index (χ4v) is 13.1. The molecule has 2 rings (SSSR count). The number of carbonyl (C=O) groups excluding carboxylic acids is 21. The van der Waals surface area contributed by atoms with Gasteiger partial charge < -0.3 is 161 Å². The second-order valence-electron chi connectivity index (χ2n) is 31.2. The minimum absolute atomic E-state index is 0.0158. The first-order valence-electron chi connectivity index (χ1n) is 41.6. The molecule has 1 saturated heterocycles. The van der Waals surface area contributed by atoms with Gasteiger partial charge in [-0.05, 0) is 119 Å². The number of nitrogens with zero attached hydrogens (tertiary/aromatic N) is 1. The molecule has 0 unspecified atom stereocenters. The molecule has 0 radical (unpaired) electrons. The number of hydrogen-bond donors (Lipinski definition) is 22. The number of rotatable bonds is 59. The average molecular weight is 1840 g/mol. The van der Waals surface area contributed by atoms with Crippen molar-refractivity contribution in [3.05, 3.63) is 29.8 Å². The number of carboxylic acids is 4. The first kappa shape index (κ1) is 112. The van der Waals surface area contributed by atoms with Crippen LogP contribution in [0.5, 0.6) is 5.75 Å².